The van der Waals surface area contributed by atoms with Gasteiger partial charge in [0.15, 0.2) is 0 Å². The normalized spacial score (nSPS) is 13.6. The van der Waals surface area contributed by atoms with Crippen LogP contribution in [0.2, 0.25) is 0 Å². The molecule has 3 heteroatoms. The fraction of sp³-hybridized carbons (Fsp3) is 0.462. The summed E-state index contributed by atoms with van der Waals surface area (Å²) in [4.78, 5) is 0. The van der Waals surface area contributed by atoms with E-state index in [4.69, 9.17) is 5.73 Å². The number of hydrogen-bond donors (Lipinski definition) is 1. The molecule has 3 nitrogen and oxygen atoms in total. The van der Waals surface area contributed by atoms with Crippen LogP contribution in [-0.4, -0.2) is 15.8 Å². The molecule has 0 saturated heterocycles. The van der Waals surface area contributed by atoms with Crippen LogP contribution in [0.4, 0.5) is 0 Å². The highest BCUT2D eigenvalue weighted by molar-refractivity contribution is 5.81. The van der Waals surface area contributed by atoms with Crippen LogP contribution in [0.1, 0.15) is 32.4 Å². The molecule has 0 aliphatic rings. The van der Waals surface area contributed by atoms with Crippen molar-refractivity contribution in [3.63, 3.8) is 0 Å². The molecule has 0 saturated carbocycles. The zero-order valence-electron chi connectivity index (χ0n) is 10.1. The molecule has 1 heterocycles. The van der Waals surface area contributed by atoms with Crippen molar-refractivity contribution in [3.8, 4) is 0 Å². The molecule has 0 aliphatic heterocycles. The minimum atomic E-state index is 0.188. The summed E-state index contributed by atoms with van der Waals surface area (Å²) >= 11 is 0. The third-order valence-electron chi connectivity index (χ3n) is 2.73. The minimum Gasteiger partial charge on any atom is -0.328 e. The van der Waals surface area contributed by atoms with Gasteiger partial charge in [-0.25, -0.2) is 0 Å². The Morgan fingerprint density at radius 3 is 2.69 bits per heavy atom. The van der Waals surface area contributed by atoms with E-state index in [-0.39, 0.29) is 6.04 Å². The summed E-state index contributed by atoms with van der Waals surface area (Å²) < 4.78 is 2.01. The second kappa shape index (κ2) is 4.26. The van der Waals surface area contributed by atoms with Crippen molar-refractivity contribution < 1.29 is 0 Å². The zero-order valence-corrected chi connectivity index (χ0v) is 10.1. The Kier molecular flexibility index (Phi) is 2.97. The maximum Gasteiger partial charge on any atom is 0.0926 e. The Hall–Kier alpha value is -1.35. The molecular weight excluding hydrogens is 198 g/mol. The molecule has 1 atom stereocenters. The van der Waals surface area contributed by atoms with Gasteiger partial charge in [0.2, 0.25) is 0 Å². The van der Waals surface area contributed by atoms with E-state index in [0.717, 1.165) is 11.9 Å². The molecule has 1 aromatic heterocycles. The SMILES string of the molecule is CC(N)Cc1cccc2nn(C(C)C)cc12. The van der Waals surface area contributed by atoms with E-state index in [1.165, 1.54) is 10.9 Å². The van der Waals surface area contributed by atoms with Gasteiger partial charge < -0.3 is 5.73 Å². The van der Waals surface area contributed by atoms with Crippen molar-refractivity contribution >= 4 is 10.9 Å². The van der Waals surface area contributed by atoms with Crippen LogP contribution in [0.15, 0.2) is 24.4 Å². The molecule has 86 valence electrons. The molecular formula is C13H19N3. The van der Waals surface area contributed by atoms with Gasteiger partial charge in [-0.2, -0.15) is 5.10 Å². The van der Waals surface area contributed by atoms with Crippen molar-refractivity contribution in [1.29, 1.82) is 0 Å². The number of rotatable bonds is 3. The fourth-order valence-electron chi connectivity index (χ4n) is 1.91. The summed E-state index contributed by atoms with van der Waals surface area (Å²) in [5.41, 5.74) is 8.21. The Morgan fingerprint density at radius 1 is 1.31 bits per heavy atom. The molecule has 0 spiro atoms. The third kappa shape index (κ3) is 2.09. The van der Waals surface area contributed by atoms with Crippen molar-refractivity contribution in [3.05, 3.63) is 30.0 Å². The van der Waals surface area contributed by atoms with Gasteiger partial charge in [-0.15, -0.1) is 0 Å². The molecule has 2 rings (SSSR count). The first-order valence-corrected chi connectivity index (χ1v) is 5.80. The molecule has 2 aromatic rings. The van der Waals surface area contributed by atoms with Crippen LogP contribution in [0, 0.1) is 0 Å². The summed E-state index contributed by atoms with van der Waals surface area (Å²) in [5, 5.41) is 5.79. The van der Waals surface area contributed by atoms with Crippen molar-refractivity contribution in [2.45, 2.75) is 39.3 Å². The molecule has 0 amide bonds. The van der Waals surface area contributed by atoms with Gasteiger partial charge >= 0.3 is 0 Å². The quantitative estimate of drug-likeness (QED) is 0.858. The number of nitrogens with two attached hydrogens (primary N) is 1. The lowest BCUT2D eigenvalue weighted by molar-refractivity contribution is 0.537. The predicted octanol–water partition coefficient (Wildman–Crippen LogP) is 2.51. The first kappa shape index (κ1) is 11.1. The number of aromatic nitrogens is 2. The summed E-state index contributed by atoms with van der Waals surface area (Å²) in [6.07, 6.45) is 3.03. The lowest BCUT2D eigenvalue weighted by atomic mass is 10.0. The first-order chi connectivity index (χ1) is 7.58. The maximum absolute atomic E-state index is 5.85. The van der Waals surface area contributed by atoms with Crippen LogP contribution in [0.5, 0.6) is 0 Å². The molecule has 0 fully saturated rings. The molecule has 1 unspecified atom stereocenters. The molecule has 0 radical (unpaired) electrons. The fourth-order valence-corrected chi connectivity index (χ4v) is 1.91. The van der Waals surface area contributed by atoms with E-state index in [0.29, 0.717) is 6.04 Å². The highest BCUT2D eigenvalue weighted by Gasteiger charge is 2.08. The lowest BCUT2D eigenvalue weighted by Crippen LogP contribution is -2.17. The zero-order chi connectivity index (χ0) is 11.7. The van der Waals surface area contributed by atoms with Gasteiger partial charge in [-0.3, -0.25) is 4.68 Å². The average Bonchev–Trinajstić information content (AvgIpc) is 2.61. The van der Waals surface area contributed by atoms with Gasteiger partial charge in [0.05, 0.1) is 5.52 Å². The number of fused-ring (bicyclic) bond motifs is 1. The van der Waals surface area contributed by atoms with Crippen LogP contribution in [-0.2, 0) is 6.42 Å². The third-order valence-corrected chi connectivity index (χ3v) is 2.73. The standard InChI is InChI=1S/C13H19N3/c1-9(2)16-8-12-11(7-10(3)14)5-4-6-13(12)15-16/h4-6,8-10H,7,14H2,1-3H3. The smallest absolute Gasteiger partial charge is 0.0926 e. The van der Waals surface area contributed by atoms with E-state index in [9.17, 15) is 0 Å². The second-order valence-corrected chi connectivity index (χ2v) is 4.73. The maximum atomic E-state index is 5.85. The Morgan fingerprint density at radius 2 is 2.06 bits per heavy atom. The number of nitrogens with zero attached hydrogens (tertiary/aromatic N) is 2. The molecule has 0 bridgehead atoms. The lowest BCUT2D eigenvalue weighted by Gasteiger charge is -2.05. The molecule has 0 aliphatic carbocycles. The number of hydrogen-bond acceptors (Lipinski definition) is 2. The van der Waals surface area contributed by atoms with Crippen molar-refractivity contribution in [2.24, 2.45) is 5.73 Å². The Labute approximate surface area is 96.2 Å². The summed E-state index contributed by atoms with van der Waals surface area (Å²) in [5.74, 6) is 0. The summed E-state index contributed by atoms with van der Waals surface area (Å²) in [6.45, 7) is 6.31. The Balaban J connectivity index is 2.50. The van der Waals surface area contributed by atoms with Crippen LogP contribution < -0.4 is 5.73 Å². The molecule has 1 aromatic carbocycles. The minimum absolute atomic E-state index is 0.188. The first-order valence-electron chi connectivity index (χ1n) is 5.80. The summed E-state index contributed by atoms with van der Waals surface area (Å²) in [6, 6.07) is 6.83. The monoisotopic (exact) mass is 217 g/mol. The summed E-state index contributed by atoms with van der Waals surface area (Å²) in [7, 11) is 0. The van der Waals surface area contributed by atoms with Crippen LogP contribution in [0.25, 0.3) is 10.9 Å². The molecule has 2 N–H and O–H groups in total. The van der Waals surface area contributed by atoms with Crippen LogP contribution >= 0.6 is 0 Å². The van der Waals surface area contributed by atoms with E-state index >= 15 is 0 Å². The van der Waals surface area contributed by atoms with Gasteiger partial charge in [0, 0.05) is 23.7 Å². The van der Waals surface area contributed by atoms with Gasteiger partial charge in [0.25, 0.3) is 0 Å². The van der Waals surface area contributed by atoms with Gasteiger partial charge in [0.1, 0.15) is 0 Å². The van der Waals surface area contributed by atoms with Crippen LogP contribution in [0.3, 0.4) is 0 Å². The van der Waals surface area contributed by atoms with Gasteiger partial charge in [-0.05, 0) is 38.8 Å². The highest BCUT2D eigenvalue weighted by Crippen LogP contribution is 2.20. The Bertz CT molecular complexity index is 483. The van der Waals surface area contributed by atoms with E-state index in [1.807, 2.05) is 11.6 Å². The van der Waals surface area contributed by atoms with Crippen molar-refractivity contribution in [1.82, 2.24) is 9.78 Å². The average molecular weight is 217 g/mol. The number of benzene rings is 1. The predicted molar refractivity (Wildman–Crippen MR) is 67.5 cm³/mol. The highest BCUT2D eigenvalue weighted by atomic mass is 15.3. The second-order valence-electron chi connectivity index (χ2n) is 4.73. The van der Waals surface area contributed by atoms with Crippen molar-refractivity contribution in [2.75, 3.05) is 0 Å². The van der Waals surface area contributed by atoms with Gasteiger partial charge in [-0.1, -0.05) is 12.1 Å². The van der Waals surface area contributed by atoms with E-state index < -0.39 is 0 Å². The molecule has 16 heavy (non-hydrogen) atoms. The van der Waals surface area contributed by atoms with E-state index in [2.05, 4.69) is 43.3 Å². The topological polar surface area (TPSA) is 43.8 Å². The van der Waals surface area contributed by atoms with E-state index in [1.54, 1.807) is 0 Å². The largest absolute Gasteiger partial charge is 0.328 e.